The van der Waals surface area contributed by atoms with E-state index in [4.69, 9.17) is 4.74 Å². The minimum Gasteiger partial charge on any atom is -0.384 e. The summed E-state index contributed by atoms with van der Waals surface area (Å²) >= 11 is 0. The van der Waals surface area contributed by atoms with Gasteiger partial charge in [0.15, 0.2) is 0 Å². The molecule has 6 heteroatoms. The zero-order valence-electron chi connectivity index (χ0n) is 13.2. The second-order valence-corrected chi connectivity index (χ2v) is 5.03. The Kier molecular flexibility index (Phi) is 8.38. The predicted octanol–water partition coefficient (Wildman–Crippen LogP) is 1.21. The molecule has 6 nitrogen and oxygen atoms in total. The van der Waals surface area contributed by atoms with Crippen molar-refractivity contribution in [2.45, 2.75) is 13.3 Å². The summed E-state index contributed by atoms with van der Waals surface area (Å²) < 4.78 is 5.41. The zero-order valence-corrected chi connectivity index (χ0v) is 13.2. The predicted molar refractivity (Wildman–Crippen MR) is 84.7 cm³/mol. The summed E-state index contributed by atoms with van der Waals surface area (Å²) in [6.45, 7) is 5.54. The highest BCUT2D eigenvalue weighted by Gasteiger charge is 2.06. The van der Waals surface area contributed by atoms with E-state index in [2.05, 4.69) is 27.4 Å². The van der Waals surface area contributed by atoms with Gasteiger partial charge in [-0.05, 0) is 32.6 Å². The Morgan fingerprint density at radius 3 is 2.71 bits per heavy atom. The first kappa shape index (κ1) is 17.4. The Balaban J connectivity index is 2.22. The molecule has 0 radical (unpaired) electrons. The van der Waals surface area contributed by atoms with Gasteiger partial charge in [0.05, 0.1) is 25.1 Å². The number of nitrogens with one attached hydrogen (secondary N) is 2. The Morgan fingerprint density at radius 1 is 1.29 bits per heavy atom. The van der Waals surface area contributed by atoms with Crippen LogP contribution < -0.4 is 10.6 Å². The van der Waals surface area contributed by atoms with Gasteiger partial charge in [0.1, 0.15) is 5.69 Å². The molecule has 0 unspecified atom stereocenters. The van der Waals surface area contributed by atoms with Crippen LogP contribution in [-0.4, -0.2) is 62.7 Å². The van der Waals surface area contributed by atoms with E-state index >= 15 is 0 Å². The molecule has 0 spiro atoms. The maximum atomic E-state index is 11.9. The lowest BCUT2D eigenvalue weighted by molar-refractivity contribution is 0.0896. The van der Waals surface area contributed by atoms with Gasteiger partial charge in [-0.3, -0.25) is 4.79 Å². The van der Waals surface area contributed by atoms with Crippen molar-refractivity contribution in [2.75, 3.05) is 52.3 Å². The van der Waals surface area contributed by atoms with Crippen LogP contribution >= 0.6 is 0 Å². The third-order valence-electron chi connectivity index (χ3n) is 2.79. The van der Waals surface area contributed by atoms with E-state index in [0.717, 1.165) is 25.2 Å². The van der Waals surface area contributed by atoms with Crippen molar-refractivity contribution in [2.24, 2.45) is 0 Å². The molecule has 0 aromatic carbocycles. The molecular formula is C15H26N4O2. The van der Waals surface area contributed by atoms with Crippen molar-refractivity contribution in [1.82, 2.24) is 15.2 Å². The first-order valence-corrected chi connectivity index (χ1v) is 7.34. The molecule has 0 aliphatic rings. The van der Waals surface area contributed by atoms with E-state index in [9.17, 15) is 4.79 Å². The fourth-order valence-electron chi connectivity index (χ4n) is 1.58. The van der Waals surface area contributed by atoms with Crippen LogP contribution in [0.25, 0.3) is 0 Å². The molecule has 0 aliphatic carbocycles. The van der Waals surface area contributed by atoms with Gasteiger partial charge in [-0.1, -0.05) is 6.92 Å². The molecular weight excluding hydrogens is 268 g/mol. The normalized spacial score (nSPS) is 10.7. The summed E-state index contributed by atoms with van der Waals surface area (Å²) in [6, 6.07) is 3.59. The number of hydrogen-bond donors (Lipinski definition) is 2. The minimum absolute atomic E-state index is 0.173. The third kappa shape index (κ3) is 7.63. The summed E-state index contributed by atoms with van der Waals surface area (Å²) in [6.07, 6.45) is 2.73. The van der Waals surface area contributed by atoms with Gasteiger partial charge in [-0.2, -0.15) is 0 Å². The van der Waals surface area contributed by atoms with Crippen molar-refractivity contribution < 1.29 is 9.53 Å². The molecule has 0 aliphatic heterocycles. The molecule has 1 amide bonds. The molecule has 0 atom stereocenters. The van der Waals surface area contributed by atoms with Crippen molar-refractivity contribution in [1.29, 1.82) is 0 Å². The van der Waals surface area contributed by atoms with Crippen molar-refractivity contribution >= 4 is 11.6 Å². The fraction of sp³-hybridized carbons (Fsp3) is 0.600. The summed E-state index contributed by atoms with van der Waals surface area (Å²) in [7, 11) is 3.99. The van der Waals surface area contributed by atoms with E-state index in [1.54, 1.807) is 12.3 Å². The van der Waals surface area contributed by atoms with E-state index < -0.39 is 0 Å². The number of aromatic nitrogens is 1. The van der Waals surface area contributed by atoms with Gasteiger partial charge < -0.3 is 20.3 Å². The second kappa shape index (κ2) is 10.1. The highest BCUT2D eigenvalue weighted by Crippen LogP contribution is 2.05. The molecule has 0 fully saturated rings. The number of nitrogens with zero attached hydrogens (tertiary/aromatic N) is 2. The van der Waals surface area contributed by atoms with E-state index in [1.165, 1.54) is 0 Å². The topological polar surface area (TPSA) is 66.5 Å². The summed E-state index contributed by atoms with van der Waals surface area (Å²) in [5.41, 5.74) is 1.35. The molecule has 21 heavy (non-hydrogen) atoms. The standard InChI is InChI=1S/C15H26N4O2/c1-4-7-16-13-5-6-14(18-12-13)15(20)17-8-10-21-11-9-19(2)3/h5-6,12,16H,4,7-11H2,1-3H3,(H,17,20). The maximum Gasteiger partial charge on any atom is 0.269 e. The minimum atomic E-state index is -0.173. The first-order valence-electron chi connectivity index (χ1n) is 7.34. The molecule has 0 bridgehead atoms. The third-order valence-corrected chi connectivity index (χ3v) is 2.79. The number of anilines is 1. The van der Waals surface area contributed by atoms with Crippen LogP contribution in [0.3, 0.4) is 0 Å². The molecule has 2 N–H and O–H groups in total. The Labute approximate surface area is 126 Å². The monoisotopic (exact) mass is 294 g/mol. The van der Waals surface area contributed by atoms with Crippen LogP contribution in [-0.2, 0) is 4.74 Å². The summed E-state index contributed by atoms with van der Waals surface area (Å²) in [5.74, 6) is -0.173. The maximum absolute atomic E-state index is 11.9. The molecule has 0 saturated carbocycles. The van der Waals surface area contributed by atoms with Gasteiger partial charge >= 0.3 is 0 Å². The van der Waals surface area contributed by atoms with Crippen molar-refractivity contribution in [3.8, 4) is 0 Å². The number of pyridine rings is 1. The van der Waals surface area contributed by atoms with Crippen LogP contribution in [0.2, 0.25) is 0 Å². The van der Waals surface area contributed by atoms with Gasteiger partial charge in [-0.15, -0.1) is 0 Å². The number of carbonyl (C=O) groups excluding carboxylic acids is 1. The molecule has 1 aromatic rings. The lowest BCUT2D eigenvalue weighted by Gasteiger charge is -2.10. The smallest absolute Gasteiger partial charge is 0.269 e. The quantitative estimate of drug-likeness (QED) is 0.635. The van der Waals surface area contributed by atoms with E-state index in [1.807, 2.05) is 20.2 Å². The van der Waals surface area contributed by atoms with Crippen molar-refractivity contribution in [3.63, 3.8) is 0 Å². The molecule has 0 saturated heterocycles. The zero-order chi connectivity index (χ0) is 15.5. The van der Waals surface area contributed by atoms with Gasteiger partial charge in [-0.25, -0.2) is 4.98 Å². The van der Waals surface area contributed by atoms with E-state index in [0.29, 0.717) is 25.5 Å². The van der Waals surface area contributed by atoms with Gasteiger partial charge in [0, 0.05) is 19.6 Å². The number of likely N-dealkylation sites (N-methyl/N-ethyl adjacent to an activating group) is 1. The van der Waals surface area contributed by atoms with Crippen LogP contribution in [0.15, 0.2) is 18.3 Å². The van der Waals surface area contributed by atoms with Crippen molar-refractivity contribution in [3.05, 3.63) is 24.0 Å². The largest absolute Gasteiger partial charge is 0.384 e. The lowest BCUT2D eigenvalue weighted by Crippen LogP contribution is -2.29. The SMILES string of the molecule is CCCNc1ccc(C(=O)NCCOCCN(C)C)nc1. The average Bonchev–Trinajstić information content (AvgIpc) is 2.48. The molecule has 1 aromatic heterocycles. The molecule has 118 valence electrons. The number of hydrogen-bond acceptors (Lipinski definition) is 5. The molecule has 1 heterocycles. The number of rotatable bonds is 10. The van der Waals surface area contributed by atoms with Crippen LogP contribution in [0.4, 0.5) is 5.69 Å². The molecule has 1 rings (SSSR count). The van der Waals surface area contributed by atoms with Gasteiger partial charge in [0.2, 0.25) is 0 Å². The Bertz CT molecular complexity index is 407. The Morgan fingerprint density at radius 2 is 2.10 bits per heavy atom. The van der Waals surface area contributed by atoms with Gasteiger partial charge in [0.25, 0.3) is 5.91 Å². The van der Waals surface area contributed by atoms with Crippen LogP contribution in [0, 0.1) is 0 Å². The first-order chi connectivity index (χ1) is 10.1. The lowest BCUT2D eigenvalue weighted by atomic mass is 10.3. The highest BCUT2D eigenvalue weighted by atomic mass is 16.5. The summed E-state index contributed by atoms with van der Waals surface area (Å²) in [5, 5.41) is 6.01. The highest BCUT2D eigenvalue weighted by molar-refractivity contribution is 5.92. The van der Waals surface area contributed by atoms with Crippen LogP contribution in [0.1, 0.15) is 23.8 Å². The fourth-order valence-corrected chi connectivity index (χ4v) is 1.58. The number of carbonyl (C=O) groups is 1. The van der Waals surface area contributed by atoms with E-state index in [-0.39, 0.29) is 5.91 Å². The van der Waals surface area contributed by atoms with Crippen LogP contribution in [0.5, 0.6) is 0 Å². The second-order valence-electron chi connectivity index (χ2n) is 5.03. The average molecular weight is 294 g/mol. The Hall–Kier alpha value is -1.66. The number of amides is 1. The summed E-state index contributed by atoms with van der Waals surface area (Å²) in [4.78, 5) is 18.1. The number of ether oxygens (including phenoxy) is 1.